The second-order valence-corrected chi connectivity index (χ2v) is 7.19. The molecule has 1 N–H and O–H groups in total. The van der Waals surface area contributed by atoms with E-state index in [1.54, 1.807) is 0 Å². The van der Waals surface area contributed by atoms with Crippen LogP contribution in [0.25, 0.3) is 0 Å². The smallest absolute Gasteiger partial charge is 0.251 e. The van der Waals surface area contributed by atoms with Crippen LogP contribution in [0, 0.1) is 17.3 Å². The lowest BCUT2D eigenvalue weighted by Gasteiger charge is -2.35. The van der Waals surface area contributed by atoms with Gasteiger partial charge in [-0.05, 0) is 36.5 Å². The fraction of sp³-hybridized carbons (Fsp3) is 0.933. The van der Waals surface area contributed by atoms with Crippen LogP contribution in [0.15, 0.2) is 0 Å². The van der Waals surface area contributed by atoms with Crippen molar-refractivity contribution >= 4 is 5.91 Å². The van der Waals surface area contributed by atoms with Crippen LogP contribution in [0.1, 0.15) is 53.9 Å². The van der Waals surface area contributed by atoms with Gasteiger partial charge in [-0.2, -0.15) is 0 Å². The highest BCUT2D eigenvalue weighted by Crippen LogP contribution is 2.26. The van der Waals surface area contributed by atoms with Crippen molar-refractivity contribution in [1.82, 2.24) is 4.90 Å². The molecule has 1 rings (SSSR count). The molecule has 1 aliphatic rings. The highest BCUT2D eigenvalue weighted by molar-refractivity contribution is 5.80. The van der Waals surface area contributed by atoms with E-state index in [9.17, 15) is 9.90 Å². The van der Waals surface area contributed by atoms with Crippen molar-refractivity contribution in [2.75, 3.05) is 13.1 Å². The Hall–Kier alpha value is -0.570. The van der Waals surface area contributed by atoms with Crippen molar-refractivity contribution in [3.8, 4) is 0 Å². The third-order valence-corrected chi connectivity index (χ3v) is 3.88. The van der Waals surface area contributed by atoms with Crippen LogP contribution in [0.2, 0.25) is 0 Å². The summed E-state index contributed by atoms with van der Waals surface area (Å²) in [6.07, 6.45) is 1.85. The van der Waals surface area contributed by atoms with E-state index in [-0.39, 0.29) is 11.3 Å². The van der Waals surface area contributed by atoms with Crippen molar-refractivity contribution in [2.24, 2.45) is 17.3 Å². The van der Waals surface area contributed by atoms with Gasteiger partial charge < -0.3 is 10.0 Å². The van der Waals surface area contributed by atoms with E-state index in [1.165, 1.54) is 0 Å². The van der Waals surface area contributed by atoms with Gasteiger partial charge in [-0.25, -0.2) is 0 Å². The number of hydrogen-bond donors (Lipinski definition) is 1. The number of piperidine rings is 1. The summed E-state index contributed by atoms with van der Waals surface area (Å²) in [6, 6.07) is 0. The van der Waals surface area contributed by atoms with Crippen LogP contribution in [-0.2, 0) is 4.79 Å². The summed E-state index contributed by atoms with van der Waals surface area (Å²) < 4.78 is 0. The monoisotopic (exact) mass is 255 g/mol. The molecule has 1 saturated heterocycles. The van der Waals surface area contributed by atoms with Crippen LogP contribution in [-0.4, -0.2) is 35.1 Å². The molecular weight excluding hydrogens is 226 g/mol. The maximum absolute atomic E-state index is 12.1. The second-order valence-electron chi connectivity index (χ2n) is 7.19. The predicted octanol–water partition coefficient (Wildman–Crippen LogP) is 2.68. The minimum Gasteiger partial charge on any atom is -0.383 e. The first-order valence-electron chi connectivity index (χ1n) is 7.17. The maximum atomic E-state index is 12.1. The fourth-order valence-corrected chi connectivity index (χ4v) is 2.66. The minimum atomic E-state index is -0.833. The van der Waals surface area contributed by atoms with Crippen LogP contribution < -0.4 is 0 Å². The van der Waals surface area contributed by atoms with Crippen LogP contribution in [0.4, 0.5) is 0 Å². The van der Waals surface area contributed by atoms with Crippen molar-refractivity contribution in [3.63, 3.8) is 0 Å². The molecule has 1 amide bonds. The highest BCUT2D eigenvalue weighted by Gasteiger charge is 2.30. The Morgan fingerprint density at radius 1 is 1.28 bits per heavy atom. The Morgan fingerprint density at radius 3 is 2.17 bits per heavy atom. The molecule has 106 valence electrons. The first-order chi connectivity index (χ1) is 8.20. The number of hydrogen-bond acceptors (Lipinski definition) is 2. The van der Waals surface area contributed by atoms with E-state index in [2.05, 4.69) is 34.6 Å². The summed E-state index contributed by atoms with van der Waals surface area (Å²) in [5.41, 5.74) is -0.00860. The molecular formula is C15H29NO2. The average molecular weight is 255 g/mol. The first-order valence-corrected chi connectivity index (χ1v) is 7.17. The van der Waals surface area contributed by atoms with Gasteiger partial charge >= 0.3 is 0 Å². The van der Waals surface area contributed by atoms with Gasteiger partial charge in [-0.3, -0.25) is 4.79 Å². The molecule has 0 spiro atoms. The normalized spacial score (nSPS) is 20.3. The van der Waals surface area contributed by atoms with Crippen molar-refractivity contribution < 1.29 is 9.90 Å². The van der Waals surface area contributed by atoms with E-state index in [0.29, 0.717) is 12.3 Å². The zero-order valence-electron chi connectivity index (χ0n) is 12.6. The standard InChI is InChI=1S/C15H29NO2/c1-11(2)12-6-8-16(9-7-12)14(18)13(17)10-15(3,4)5/h11-13,17H,6-10H2,1-5H3. The molecule has 0 aromatic carbocycles. The van der Waals surface area contributed by atoms with Gasteiger partial charge in [0, 0.05) is 13.1 Å². The summed E-state index contributed by atoms with van der Waals surface area (Å²) in [5.74, 6) is 1.35. The predicted molar refractivity (Wildman–Crippen MR) is 74.2 cm³/mol. The number of aliphatic hydroxyl groups is 1. The number of aliphatic hydroxyl groups excluding tert-OH is 1. The average Bonchev–Trinajstić information content (AvgIpc) is 2.26. The number of nitrogens with zero attached hydrogens (tertiary/aromatic N) is 1. The summed E-state index contributed by atoms with van der Waals surface area (Å²) in [4.78, 5) is 14.0. The zero-order chi connectivity index (χ0) is 13.9. The van der Waals surface area contributed by atoms with Crippen molar-refractivity contribution in [1.29, 1.82) is 0 Å². The Labute approximate surface area is 112 Å². The van der Waals surface area contributed by atoms with E-state index in [4.69, 9.17) is 0 Å². The number of carbonyl (C=O) groups excluding carboxylic acids is 1. The van der Waals surface area contributed by atoms with E-state index < -0.39 is 6.10 Å². The molecule has 0 saturated carbocycles. The molecule has 0 aliphatic carbocycles. The Kier molecular flexibility index (Phi) is 5.20. The molecule has 0 aromatic heterocycles. The lowest BCUT2D eigenvalue weighted by atomic mass is 9.85. The van der Waals surface area contributed by atoms with Gasteiger partial charge in [0.2, 0.25) is 0 Å². The quantitative estimate of drug-likeness (QED) is 0.842. The summed E-state index contributed by atoms with van der Waals surface area (Å²) >= 11 is 0. The topological polar surface area (TPSA) is 40.5 Å². The summed E-state index contributed by atoms with van der Waals surface area (Å²) in [7, 11) is 0. The molecule has 1 aliphatic heterocycles. The van der Waals surface area contributed by atoms with Crippen LogP contribution >= 0.6 is 0 Å². The Morgan fingerprint density at radius 2 is 1.78 bits per heavy atom. The first kappa shape index (κ1) is 15.5. The van der Waals surface area contributed by atoms with E-state index in [1.807, 2.05) is 4.90 Å². The lowest BCUT2D eigenvalue weighted by molar-refractivity contribution is -0.143. The van der Waals surface area contributed by atoms with E-state index in [0.717, 1.165) is 31.8 Å². The van der Waals surface area contributed by atoms with Crippen molar-refractivity contribution in [3.05, 3.63) is 0 Å². The molecule has 3 nitrogen and oxygen atoms in total. The number of carbonyl (C=O) groups is 1. The maximum Gasteiger partial charge on any atom is 0.251 e. The van der Waals surface area contributed by atoms with E-state index >= 15 is 0 Å². The van der Waals surface area contributed by atoms with Gasteiger partial charge in [0.15, 0.2) is 0 Å². The SMILES string of the molecule is CC(C)C1CCN(C(=O)C(O)CC(C)(C)C)CC1. The third-order valence-electron chi connectivity index (χ3n) is 3.88. The largest absolute Gasteiger partial charge is 0.383 e. The van der Waals surface area contributed by atoms with Gasteiger partial charge in [0.1, 0.15) is 6.10 Å². The molecule has 1 unspecified atom stereocenters. The van der Waals surface area contributed by atoms with Crippen LogP contribution in [0.3, 0.4) is 0 Å². The lowest BCUT2D eigenvalue weighted by Crippen LogP contribution is -2.45. The molecule has 0 radical (unpaired) electrons. The number of rotatable bonds is 3. The van der Waals surface area contributed by atoms with Crippen LogP contribution in [0.5, 0.6) is 0 Å². The zero-order valence-corrected chi connectivity index (χ0v) is 12.6. The fourth-order valence-electron chi connectivity index (χ4n) is 2.66. The van der Waals surface area contributed by atoms with Gasteiger partial charge in [-0.1, -0.05) is 34.6 Å². The molecule has 0 bridgehead atoms. The molecule has 3 heteroatoms. The Bertz CT molecular complexity index is 273. The highest BCUT2D eigenvalue weighted by atomic mass is 16.3. The summed E-state index contributed by atoms with van der Waals surface area (Å²) in [5, 5.41) is 9.99. The molecule has 1 atom stereocenters. The minimum absolute atomic E-state index is 0.00860. The molecule has 18 heavy (non-hydrogen) atoms. The van der Waals surface area contributed by atoms with Crippen molar-refractivity contribution in [2.45, 2.75) is 60.0 Å². The van der Waals surface area contributed by atoms with Gasteiger partial charge in [0.25, 0.3) is 5.91 Å². The number of amides is 1. The molecule has 1 fully saturated rings. The number of likely N-dealkylation sites (tertiary alicyclic amines) is 1. The Balaban J connectivity index is 2.45. The second kappa shape index (κ2) is 6.05. The summed E-state index contributed by atoms with van der Waals surface area (Å²) in [6.45, 7) is 12.3. The van der Waals surface area contributed by atoms with Gasteiger partial charge in [0.05, 0.1) is 0 Å². The third kappa shape index (κ3) is 4.60. The molecule has 1 heterocycles. The molecule has 0 aromatic rings. The van der Waals surface area contributed by atoms with Gasteiger partial charge in [-0.15, -0.1) is 0 Å².